The van der Waals surface area contributed by atoms with Gasteiger partial charge in [-0.05, 0) is 19.3 Å². The molecule has 0 aromatic rings. The monoisotopic (exact) mass is 468 g/mol. The van der Waals surface area contributed by atoms with E-state index < -0.39 is 10.4 Å². The van der Waals surface area contributed by atoms with Gasteiger partial charge < -0.3 is 4.55 Å². The molecule has 31 heavy (non-hydrogen) atoms. The van der Waals surface area contributed by atoms with Gasteiger partial charge in [0.15, 0.2) is 0 Å². The fourth-order valence-corrected chi connectivity index (χ4v) is 4.15. The molecule has 4 nitrogen and oxygen atoms in total. The number of rotatable bonds is 23. The van der Waals surface area contributed by atoms with Crippen LogP contribution >= 0.6 is 0 Å². The number of allylic oxidation sites excluding steroid dienone is 1. The SMILES string of the molecule is CCCCC/C=C/C(CCCCCCCCCCCCCCCC)COS(=O)(=O)[O-].[Na+]. The van der Waals surface area contributed by atoms with Crippen molar-refractivity contribution in [2.24, 2.45) is 5.92 Å². The van der Waals surface area contributed by atoms with E-state index in [0.29, 0.717) is 0 Å². The minimum absolute atomic E-state index is 0. The van der Waals surface area contributed by atoms with Crippen LogP contribution in [0.2, 0.25) is 0 Å². The Hall–Kier alpha value is 0.610. The Morgan fingerprint density at radius 2 is 1.13 bits per heavy atom. The summed E-state index contributed by atoms with van der Waals surface area (Å²) in [5, 5.41) is 0. The first-order valence-electron chi connectivity index (χ1n) is 12.8. The van der Waals surface area contributed by atoms with Crippen molar-refractivity contribution >= 4 is 10.4 Å². The van der Waals surface area contributed by atoms with Gasteiger partial charge in [0, 0.05) is 5.92 Å². The molecule has 0 aliphatic rings. The van der Waals surface area contributed by atoms with Crippen molar-refractivity contribution in [1.82, 2.24) is 0 Å². The summed E-state index contributed by atoms with van der Waals surface area (Å²) in [6.45, 7) is 4.42. The number of hydrogen-bond donors (Lipinski definition) is 0. The van der Waals surface area contributed by atoms with Crippen LogP contribution in [-0.4, -0.2) is 19.6 Å². The third kappa shape index (κ3) is 28.6. The summed E-state index contributed by atoms with van der Waals surface area (Å²) < 4.78 is 36.8. The molecule has 0 aromatic carbocycles. The average Bonchev–Trinajstić information content (AvgIpc) is 2.70. The van der Waals surface area contributed by atoms with Crippen molar-refractivity contribution in [3.8, 4) is 0 Å². The van der Waals surface area contributed by atoms with E-state index in [9.17, 15) is 13.0 Å². The maximum absolute atomic E-state index is 10.8. The Bertz CT molecular complexity index is 480. The average molecular weight is 469 g/mol. The fraction of sp³-hybridized carbons (Fsp3) is 0.920. The Morgan fingerprint density at radius 3 is 1.58 bits per heavy atom. The van der Waals surface area contributed by atoms with Crippen LogP contribution < -0.4 is 29.6 Å². The van der Waals surface area contributed by atoms with Gasteiger partial charge in [0.2, 0.25) is 10.4 Å². The molecule has 0 amide bonds. The van der Waals surface area contributed by atoms with Crippen LogP contribution in [0.3, 0.4) is 0 Å². The molecular weight excluding hydrogens is 419 g/mol. The molecule has 6 heteroatoms. The normalized spacial score (nSPS) is 12.9. The smallest absolute Gasteiger partial charge is 0.726 e. The van der Waals surface area contributed by atoms with E-state index in [1.165, 1.54) is 96.3 Å². The summed E-state index contributed by atoms with van der Waals surface area (Å²) in [5.74, 6) is 0.0210. The molecule has 0 aliphatic heterocycles. The van der Waals surface area contributed by atoms with Crippen LogP contribution in [0.4, 0.5) is 0 Å². The fourth-order valence-electron chi connectivity index (χ4n) is 3.81. The first-order valence-corrected chi connectivity index (χ1v) is 14.1. The molecule has 180 valence electrons. The summed E-state index contributed by atoms with van der Waals surface area (Å²) >= 11 is 0. The second-order valence-electron chi connectivity index (χ2n) is 8.76. The number of hydrogen-bond acceptors (Lipinski definition) is 4. The zero-order valence-corrected chi connectivity index (χ0v) is 23.7. The van der Waals surface area contributed by atoms with E-state index in [1.54, 1.807) is 0 Å². The van der Waals surface area contributed by atoms with E-state index in [2.05, 4.69) is 24.1 Å². The van der Waals surface area contributed by atoms with Gasteiger partial charge in [0.1, 0.15) is 0 Å². The molecule has 0 saturated heterocycles. The largest absolute Gasteiger partial charge is 1.00 e. The Balaban J connectivity index is 0. The minimum Gasteiger partial charge on any atom is -0.726 e. The third-order valence-corrected chi connectivity index (χ3v) is 6.16. The first-order chi connectivity index (χ1) is 14.5. The minimum atomic E-state index is -4.60. The van der Waals surface area contributed by atoms with Crippen LogP contribution in [0.5, 0.6) is 0 Å². The molecule has 0 fully saturated rings. The van der Waals surface area contributed by atoms with Crippen molar-refractivity contribution in [1.29, 1.82) is 0 Å². The summed E-state index contributed by atoms with van der Waals surface area (Å²) in [7, 11) is -4.60. The van der Waals surface area contributed by atoms with E-state index in [0.717, 1.165) is 25.7 Å². The first kappa shape index (κ1) is 33.8. The standard InChI is InChI=1S/C25H50O4S.Na/c1-3-5-7-9-10-11-12-13-14-15-16-17-19-21-23-25(24-29-30(26,27)28)22-20-18-8-6-4-2;/h20,22,25H,3-19,21,23-24H2,1-2H3,(H,26,27,28);/q;+1/p-1/b22-20+;. The van der Waals surface area contributed by atoms with Crippen molar-refractivity contribution in [3.63, 3.8) is 0 Å². The summed E-state index contributed by atoms with van der Waals surface area (Å²) in [6.07, 6.45) is 28.2. The molecule has 0 aliphatic carbocycles. The molecule has 0 spiro atoms. The predicted molar refractivity (Wildman–Crippen MR) is 127 cm³/mol. The van der Waals surface area contributed by atoms with Crippen LogP contribution in [0.15, 0.2) is 12.2 Å². The molecule has 1 atom stereocenters. The van der Waals surface area contributed by atoms with Crippen molar-refractivity contribution in [3.05, 3.63) is 12.2 Å². The second-order valence-corrected chi connectivity index (χ2v) is 9.81. The second kappa shape index (κ2) is 25.2. The van der Waals surface area contributed by atoms with Gasteiger partial charge in [0.25, 0.3) is 0 Å². The van der Waals surface area contributed by atoms with Gasteiger partial charge in [-0.1, -0.05) is 129 Å². The Labute approximate surface area is 216 Å². The number of unbranched alkanes of at least 4 members (excludes halogenated alkanes) is 16. The summed E-state index contributed by atoms with van der Waals surface area (Å²) in [4.78, 5) is 0. The summed E-state index contributed by atoms with van der Waals surface area (Å²) in [6, 6.07) is 0. The van der Waals surface area contributed by atoms with E-state index >= 15 is 0 Å². The molecular formula is C25H49NaO4S. The van der Waals surface area contributed by atoms with Gasteiger partial charge in [-0.2, -0.15) is 0 Å². The van der Waals surface area contributed by atoms with Gasteiger partial charge in [0.05, 0.1) is 6.61 Å². The van der Waals surface area contributed by atoms with Crippen LogP contribution in [-0.2, 0) is 14.6 Å². The maximum Gasteiger partial charge on any atom is 1.00 e. The van der Waals surface area contributed by atoms with Gasteiger partial charge in [-0.25, -0.2) is 8.42 Å². The van der Waals surface area contributed by atoms with E-state index in [4.69, 9.17) is 0 Å². The third-order valence-electron chi connectivity index (χ3n) is 5.74. The van der Waals surface area contributed by atoms with Crippen LogP contribution in [0.1, 0.15) is 136 Å². The van der Waals surface area contributed by atoms with Crippen molar-refractivity contribution in [2.75, 3.05) is 6.61 Å². The molecule has 0 radical (unpaired) electrons. The Morgan fingerprint density at radius 1 is 0.710 bits per heavy atom. The van der Waals surface area contributed by atoms with Gasteiger partial charge in [-0.15, -0.1) is 0 Å². The quantitative estimate of drug-likeness (QED) is 0.0689. The van der Waals surface area contributed by atoms with Crippen LogP contribution in [0.25, 0.3) is 0 Å². The molecule has 0 saturated carbocycles. The Kier molecular flexibility index (Phi) is 27.5. The van der Waals surface area contributed by atoms with E-state index in [-0.39, 0.29) is 42.1 Å². The zero-order chi connectivity index (χ0) is 22.3. The van der Waals surface area contributed by atoms with Gasteiger partial charge in [-0.3, -0.25) is 4.18 Å². The molecule has 1 unspecified atom stereocenters. The van der Waals surface area contributed by atoms with Crippen molar-refractivity contribution < 1.29 is 46.7 Å². The van der Waals surface area contributed by atoms with E-state index in [1.807, 2.05) is 6.08 Å². The van der Waals surface area contributed by atoms with Crippen molar-refractivity contribution in [2.45, 2.75) is 136 Å². The zero-order valence-electron chi connectivity index (χ0n) is 20.9. The maximum atomic E-state index is 10.8. The topological polar surface area (TPSA) is 66.4 Å². The van der Waals surface area contributed by atoms with Gasteiger partial charge >= 0.3 is 29.6 Å². The molecule has 0 bridgehead atoms. The molecule has 0 heterocycles. The molecule has 0 rings (SSSR count). The predicted octanol–water partition coefficient (Wildman–Crippen LogP) is 5.09. The van der Waals surface area contributed by atoms with Crippen LogP contribution in [0, 0.1) is 5.92 Å². The molecule has 0 aromatic heterocycles. The summed E-state index contributed by atoms with van der Waals surface area (Å²) in [5.41, 5.74) is 0. The molecule has 0 N–H and O–H groups in total.